The Labute approximate surface area is 177 Å². The van der Waals surface area contributed by atoms with Crippen molar-refractivity contribution < 1.29 is 19.0 Å². The van der Waals surface area contributed by atoms with Crippen LogP contribution in [0.3, 0.4) is 0 Å². The molecular weight excluding hydrogens is 378 g/mol. The Balaban J connectivity index is 1.92. The molecule has 154 valence electrons. The molecule has 2 aromatic carbocycles. The van der Waals surface area contributed by atoms with Gasteiger partial charge in [0.25, 0.3) is 0 Å². The number of rotatable bonds is 6. The maximum Gasteiger partial charge on any atom is 0.307 e. The lowest BCUT2D eigenvalue weighted by Crippen LogP contribution is -2.12. The van der Waals surface area contributed by atoms with Crippen molar-refractivity contribution >= 4 is 5.97 Å². The number of nitriles is 1. The molecule has 1 unspecified atom stereocenters. The van der Waals surface area contributed by atoms with Gasteiger partial charge in [-0.15, -0.1) is 0 Å². The molecule has 1 atom stereocenters. The van der Waals surface area contributed by atoms with Gasteiger partial charge in [0, 0.05) is 5.56 Å². The topological polar surface area (TPSA) is 68.6 Å². The van der Waals surface area contributed by atoms with Gasteiger partial charge in [0.1, 0.15) is 0 Å². The summed E-state index contributed by atoms with van der Waals surface area (Å²) >= 11 is 0. The number of ether oxygens (including phenoxy) is 3. The second kappa shape index (κ2) is 10.4. The smallest absolute Gasteiger partial charge is 0.307 e. The molecule has 1 fully saturated rings. The van der Waals surface area contributed by atoms with Crippen LogP contribution in [0.2, 0.25) is 0 Å². The van der Waals surface area contributed by atoms with E-state index in [-0.39, 0.29) is 24.4 Å². The van der Waals surface area contributed by atoms with Crippen molar-refractivity contribution in [1.82, 2.24) is 0 Å². The Morgan fingerprint density at radius 2 is 1.87 bits per heavy atom. The van der Waals surface area contributed by atoms with Crippen LogP contribution in [0, 0.1) is 23.2 Å². The minimum Gasteiger partial charge on any atom is -0.493 e. The lowest BCUT2D eigenvalue weighted by atomic mass is 9.95. The van der Waals surface area contributed by atoms with Gasteiger partial charge in [0.05, 0.1) is 44.3 Å². The Bertz CT molecular complexity index is 990. The Hall–Kier alpha value is -3.44. The van der Waals surface area contributed by atoms with Gasteiger partial charge < -0.3 is 14.2 Å². The van der Waals surface area contributed by atoms with Crippen LogP contribution < -0.4 is 9.47 Å². The second-order valence-electron chi connectivity index (χ2n) is 7.23. The highest BCUT2D eigenvalue weighted by molar-refractivity contribution is 5.71. The maximum absolute atomic E-state index is 12.0. The van der Waals surface area contributed by atoms with Crippen LogP contribution in [0.1, 0.15) is 54.7 Å². The summed E-state index contributed by atoms with van der Waals surface area (Å²) in [5.74, 6) is 6.88. The summed E-state index contributed by atoms with van der Waals surface area (Å²) < 4.78 is 16.5. The van der Waals surface area contributed by atoms with E-state index in [9.17, 15) is 4.79 Å². The standard InChI is InChI=1S/C25H25NO4/c1-28-23-13-12-20(15-24(23)30-22-8-3-4-9-22)21(16-25(27)29-2)11-10-18-6-5-7-19(14-18)17-26/h5-7,12-15,21-22H,3-4,8-9,16H2,1-2H3. The van der Waals surface area contributed by atoms with Crippen LogP contribution in [0.4, 0.5) is 0 Å². The van der Waals surface area contributed by atoms with Crippen LogP contribution in [-0.2, 0) is 9.53 Å². The number of hydrogen-bond donors (Lipinski definition) is 0. The Kier molecular flexibility index (Phi) is 7.35. The number of carbonyl (C=O) groups excluding carboxylic acids is 1. The lowest BCUT2D eigenvalue weighted by molar-refractivity contribution is -0.140. The summed E-state index contributed by atoms with van der Waals surface area (Å²) in [4.78, 5) is 12.0. The monoisotopic (exact) mass is 403 g/mol. The summed E-state index contributed by atoms with van der Waals surface area (Å²) in [6, 6.07) is 14.9. The van der Waals surface area contributed by atoms with Crippen LogP contribution in [-0.4, -0.2) is 26.3 Å². The molecule has 1 aliphatic carbocycles. The third-order valence-electron chi connectivity index (χ3n) is 5.17. The highest BCUT2D eigenvalue weighted by Crippen LogP contribution is 2.35. The molecule has 0 radical (unpaired) electrons. The molecule has 0 aliphatic heterocycles. The Morgan fingerprint density at radius 1 is 1.10 bits per heavy atom. The van der Waals surface area contributed by atoms with Gasteiger partial charge in [0.15, 0.2) is 11.5 Å². The highest BCUT2D eigenvalue weighted by Gasteiger charge is 2.21. The molecular formula is C25H25NO4. The minimum atomic E-state index is -0.375. The molecule has 1 aliphatic rings. The van der Waals surface area contributed by atoms with E-state index in [2.05, 4.69) is 17.9 Å². The van der Waals surface area contributed by atoms with Gasteiger partial charge in [-0.3, -0.25) is 4.79 Å². The van der Waals surface area contributed by atoms with E-state index >= 15 is 0 Å². The fraction of sp³-hybridized carbons (Fsp3) is 0.360. The van der Waals surface area contributed by atoms with Gasteiger partial charge in [0.2, 0.25) is 0 Å². The maximum atomic E-state index is 12.0. The third-order valence-corrected chi connectivity index (χ3v) is 5.17. The zero-order valence-electron chi connectivity index (χ0n) is 17.3. The first-order valence-corrected chi connectivity index (χ1v) is 10.1. The van der Waals surface area contributed by atoms with E-state index in [0.29, 0.717) is 17.1 Å². The summed E-state index contributed by atoms with van der Waals surface area (Å²) in [7, 11) is 2.98. The molecule has 0 amide bonds. The van der Waals surface area contributed by atoms with E-state index < -0.39 is 0 Å². The fourth-order valence-corrected chi connectivity index (χ4v) is 3.53. The van der Waals surface area contributed by atoms with Gasteiger partial charge in [-0.2, -0.15) is 5.26 Å². The molecule has 3 rings (SSSR count). The lowest BCUT2D eigenvalue weighted by Gasteiger charge is -2.18. The highest BCUT2D eigenvalue weighted by atomic mass is 16.5. The van der Waals surface area contributed by atoms with E-state index in [1.165, 1.54) is 20.0 Å². The number of methoxy groups -OCH3 is 2. The van der Waals surface area contributed by atoms with Gasteiger partial charge in [-0.25, -0.2) is 0 Å². The zero-order valence-corrected chi connectivity index (χ0v) is 17.3. The first-order valence-electron chi connectivity index (χ1n) is 10.1. The van der Waals surface area contributed by atoms with Crippen LogP contribution in [0.25, 0.3) is 0 Å². The molecule has 30 heavy (non-hydrogen) atoms. The van der Waals surface area contributed by atoms with Gasteiger partial charge in [-0.1, -0.05) is 24.0 Å². The van der Waals surface area contributed by atoms with Crippen molar-refractivity contribution in [3.8, 4) is 29.4 Å². The first kappa shape index (κ1) is 21.3. The molecule has 0 spiro atoms. The van der Waals surface area contributed by atoms with Crippen molar-refractivity contribution in [2.24, 2.45) is 0 Å². The molecule has 2 aromatic rings. The number of nitrogens with zero attached hydrogens (tertiary/aromatic N) is 1. The molecule has 1 saturated carbocycles. The van der Waals surface area contributed by atoms with Crippen LogP contribution in [0.15, 0.2) is 42.5 Å². The average molecular weight is 403 g/mol. The number of carbonyl (C=O) groups is 1. The molecule has 0 N–H and O–H groups in total. The van der Waals surface area contributed by atoms with E-state index in [0.717, 1.165) is 24.0 Å². The third kappa shape index (κ3) is 5.55. The predicted octanol–water partition coefficient (Wildman–Crippen LogP) is 4.59. The number of esters is 1. The molecule has 0 aromatic heterocycles. The number of benzene rings is 2. The van der Waals surface area contributed by atoms with Crippen LogP contribution >= 0.6 is 0 Å². The SMILES string of the molecule is COC(=O)CC(C#Cc1cccc(C#N)c1)c1ccc(OC)c(OC2CCCC2)c1. The molecule has 0 saturated heterocycles. The largest absolute Gasteiger partial charge is 0.493 e. The molecule has 0 heterocycles. The molecule has 0 bridgehead atoms. The quantitative estimate of drug-likeness (QED) is 0.521. The zero-order chi connectivity index (χ0) is 21.3. The van der Waals surface area contributed by atoms with E-state index in [1.807, 2.05) is 24.3 Å². The van der Waals surface area contributed by atoms with Crippen molar-refractivity contribution in [3.05, 3.63) is 59.2 Å². The summed E-state index contributed by atoms with van der Waals surface area (Å²) in [5.41, 5.74) is 2.13. The van der Waals surface area contributed by atoms with E-state index in [1.54, 1.807) is 25.3 Å². The first-order chi connectivity index (χ1) is 14.6. The van der Waals surface area contributed by atoms with Gasteiger partial charge in [-0.05, 0) is 61.6 Å². The van der Waals surface area contributed by atoms with Crippen molar-refractivity contribution in [2.75, 3.05) is 14.2 Å². The summed E-state index contributed by atoms with van der Waals surface area (Å²) in [6.07, 6.45) is 4.72. The van der Waals surface area contributed by atoms with Crippen molar-refractivity contribution in [1.29, 1.82) is 5.26 Å². The summed E-state index contributed by atoms with van der Waals surface area (Å²) in [6.45, 7) is 0. The molecule has 5 nitrogen and oxygen atoms in total. The second-order valence-corrected chi connectivity index (χ2v) is 7.23. The van der Waals surface area contributed by atoms with Crippen LogP contribution in [0.5, 0.6) is 11.5 Å². The normalized spacial score (nSPS) is 14.2. The Morgan fingerprint density at radius 3 is 2.57 bits per heavy atom. The van der Waals surface area contributed by atoms with Gasteiger partial charge >= 0.3 is 5.97 Å². The minimum absolute atomic E-state index is 0.122. The predicted molar refractivity (Wildman–Crippen MR) is 113 cm³/mol. The average Bonchev–Trinajstić information content (AvgIpc) is 3.29. The van der Waals surface area contributed by atoms with Crippen molar-refractivity contribution in [3.63, 3.8) is 0 Å². The van der Waals surface area contributed by atoms with E-state index in [4.69, 9.17) is 19.5 Å². The van der Waals surface area contributed by atoms with Crippen molar-refractivity contribution in [2.45, 2.75) is 44.1 Å². The fourth-order valence-electron chi connectivity index (χ4n) is 3.53. The number of hydrogen-bond acceptors (Lipinski definition) is 5. The summed E-state index contributed by atoms with van der Waals surface area (Å²) in [5, 5.41) is 9.08. The molecule has 5 heteroatoms.